The number of carbonyl (C=O) groups is 1. The lowest BCUT2D eigenvalue weighted by Crippen LogP contribution is -2.05. The van der Waals surface area contributed by atoms with E-state index in [-0.39, 0.29) is 12.2 Å². The quantitative estimate of drug-likeness (QED) is 0.474. The van der Waals surface area contributed by atoms with Crippen LogP contribution in [0.3, 0.4) is 0 Å². The Morgan fingerprint density at radius 2 is 2.06 bits per heavy atom. The molecule has 0 N–H and O–H groups in total. The molecule has 0 amide bonds. The highest BCUT2D eigenvalue weighted by atomic mass is 19.4. The normalized spacial score (nSPS) is 11.8. The summed E-state index contributed by atoms with van der Waals surface area (Å²) in [7, 11) is 0. The van der Waals surface area contributed by atoms with E-state index in [2.05, 4.69) is 4.74 Å². The summed E-state index contributed by atoms with van der Waals surface area (Å²) in [5.41, 5.74) is -1.19. The van der Waals surface area contributed by atoms with E-state index in [0.717, 1.165) is 24.3 Å². The minimum atomic E-state index is -4.59. The molecule has 1 aromatic rings. The van der Waals surface area contributed by atoms with Crippen molar-refractivity contribution in [3.63, 3.8) is 0 Å². The van der Waals surface area contributed by atoms with Crippen molar-refractivity contribution in [1.29, 1.82) is 0 Å². The average Bonchev–Trinajstić information content (AvgIpc) is 2.26. The van der Waals surface area contributed by atoms with Gasteiger partial charge in [-0.3, -0.25) is 0 Å². The highest BCUT2D eigenvalue weighted by molar-refractivity contribution is 5.87. The van der Waals surface area contributed by atoms with Gasteiger partial charge in [0.05, 0.1) is 12.2 Å². The van der Waals surface area contributed by atoms with Crippen LogP contribution in [-0.2, 0) is 15.7 Å². The average molecular weight is 262 g/mol. The number of ether oxygens (including phenoxy) is 1. The van der Waals surface area contributed by atoms with Gasteiger partial charge in [0.2, 0.25) is 0 Å². The number of halogens is 4. The molecule has 0 bridgehead atoms. The van der Waals surface area contributed by atoms with E-state index in [0.29, 0.717) is 6.07 Å². The van der Waals surface area contributed by atoms with Crippen LogP contribution < -0.4 is 0 Å². The molecule has 0 spiro atoms. The number of hydrogen-bond acceptors (Lipinski definition) is 2. The lowest BCUT2D eigenvalue weighted by molar-refractivity contribution is -0.138. The summed E-state index contributed by atoms with van der Waals surface area (Å²) < 4.78 is 54.6. The fraction of sp³-hybridized carbons (Fsp3) is 0.250. The van der Waals surface area contributed by atoms with Gasteiger partial charge in [0.25, 0.3) is 0 Å². The molecule has 0 saturated carbocycles. The van der Waals surface area contributed by atoms with Gasteiger partial charge in [0.1, 0.15) is 5.82 Å². The molecule has 1 aromatic carbocycles. The molecule has 2 nitrogen and oxygen atoms in total. The van der Waals surface area contributed by atoms with Crippen LogP contribution in [0.15, 0.2) is 24.3 Å². The Hall–Kier alpha value is -1.85. The van der Waals surface area contributed by atoms with Crippen molar-refractivity contribution in [3.05, 3.63) is 41.2 Å². The molecule has 0 aromatic heterocycles. The summed E-state index contributed by atoms with van der Waals surface area (Å²) in [6, 6.07) is 2.08. The molecule has 0 fully saturated rings. The molecular formula is C12H10F4O2. The molecular weight excluding hydrogens is 252 g/mol. The SMILES string of the molecule is CCOC(=O)/C=C/c1ccc(C(F)(F)F)cc1F. The van der Waals surface area contributed by atoms with Gasteiger partial charge in [0, 0.05) is 11.6 Å². The zero-order valence-electron chi connectivity index (χ0n) is 9.42. The first kappa shape index (κ1) is 14.2. The van der Waals surface area contributed by atoms with Crippen LogP contribution in [0, 0.1) is 5.82 Å². The molecule has 0 atom stereocenters. The smallest absolute Gasteiger partial charge is 0.416 e. The topological polar surface area (TPSA) is 26.3 Å². The van der Waals surface area contributed by atoms with Crippen molar-refractivity contribution in [3.8, 4) is 0 Å². The van der Waals surface area contributed by atoms with Gasteiger partial charge in [-0.25, -0.2) is 9.18 Å². The van der Waals surface area contributed by atoms with Crippen molar-refractivity contribution in [2.75, 3.05) is 6.61 Å². The Morgan fingerprint density at radius 1 is 1.39 bits per heavy atom. The van der Waals surface area contributed by atoms with Gasteiger partial charge in [-0.15, -0.1) is 0 Å². The molecule has 0 aliphatic rings. The number of esters is 1. The molecule has 1 rings (SSSR count). The second-order valence-electron chi connectivity index (χ2n) is 3.32. The third kappa shape index (κ3) is 3.87. The number of rotatable bonds is 3. The van der Waals surface area contributed by atoms with Gasteiger partial charge in [-0.05, 0) is 25.1 Å². The summed E-state index contributed by atoms with van der Waals surface area (Å²) in [6.07, 6.45) is -2.58. The summed E-state index contributed by atoms with van der Waals surface area (Å²) >= 11 is 0. The van der Waals surface area contributed by atoms with Gasteiger partial charge < -0.3 is 4.74 Å². The van der Waals surface area contributed by atoms with Gasteiger partial charge in [-0.2, -0.15) is 13.2 Å². The first-order chi connectivity index (χ1) is 8.34. The summed E-state index contributed by atoms with van der Waals surface area (Å²) in [6.45, 7) is 1.77. The second kappa shape index (κ2) is 5.66. The van der Waals surface area contributed by atoms with E-state index in [1.54, 1.807) is 6.92 Å². The van der Waals surface area contributed by atoms with E-state index in [1.807, 2.05) is 0 Å². The van der Waals surface area contributed by atoms with Crippen LogP contribution >= 0.6 is 0 Å². The molecule has 0 saturated heterocycles. The summed E-state index contributed by atoms with van der Waals surface area (Å²) in [4.78, 5) is 10.9. The molecule has 0 aliphatic carbocycles. The maximum atomic E-state index is 13.3. The van der Waals surface area contributed by atoms with Crippen LogP contribution in [0.1, 0.15) is 18.1 Å². The van der Waals surface area contributed by atoms with Crippen molar-refractivity contribution < 1.29 is 27.1 Å². The molecule has 98 valence electrons. The Bertz CT molecular complexity index is 464. The van der Waals surface area contributed by atoms with Gasteiger partial charge in [-0.1, -0.05) is 6.07 Å². The molecule has 0 aliphatic heterocycles. The van der Waals surface area contributed by atoms with E-state index in [9.17, 15) is 22.4 Å². The molecule has 0 heterocycles. The molecule has 0 radical (unpaired) electrons. The lowest BCUT2D eigenvalue weighted by atomic mass is 10.1. The monoisotopic (exact) mass is 262 g/mol. The predicted molar refractivity (Wildman–Crippen MR) is 57.1 cm³/mol. The van der Waals surface area contributed by atoms with E-state index in [1.165, 1.54) is 0 Å². The molecule has 18 heavy (non-hydrogen) atoms. The fourth-order valence-electron chi connectivity index (χ4n) is 1.19. The highest BCUT2D eigenvalue weighted by Gasteiger charge is 2.30. The maximum Gasteiger partial charge on any atom is 0.416 e. The molecule has 0 unspecified atom stereocenters. The first-order valence-electron chi connectivity index (χ1n) is 5.06. The first-order valence-corrected chi connectivity index (χ1v) is 5.06. The maximum absolute atomic E-state index is 13.3. The zero-order chi connectivity index (χ0) is 13.8. The zero-order valence-corrected chi connectivity index (χ0v) is 9.42. The van der Waals surface area contributed by atoms with Crippen LogP contribution in [0.4, 0.5) is 17.6 Å². The van der Waals surface area contributed by atoms with E-state index >= 15 is 0 Å². The Kier molecular flexibility index (Phi) is 4.47. The van der Waals surface area contributed by atoms with Crippen molar-refractivity contribution >= 4 is 12.0 Å². The van der Waals surface area contributed by atoms with Crippen molar-refractivity contribution in [1.82, 2.24) is 0 Å². The van der Waals surface area contributed by atoms with Gasteiger partial charge in [0.15, 0.2) is 0 Å². The van der Waals surface area contributed by atoms with E-state index in [4.69, 9.17) is 0 Å². The van der Waals surface area contributed by atoms with E-state index < -0.39 is 23.5 Å². The highest BCUT2D eigenvalue weighted by Crippen LogP contribution is 2.30. The van der Waals surface area contributed by atoms with Crippen molar-refractivity contribution in [2.24, 2.45) is 0 Å². The number of carbonyl (C=O) groups excluding carboxylic acids is 1. The summed E-state index contributed by atoms with van der Waals surface area (Å²) in [5.74, 6) is -1.73. The van der Waals surface area contributed by atoms with Crippen LogP contribution in [0.25, 0.3) is 6.08 Å². The molecule has 6 heteroatoms. The minimum absolute atomic E-state index is 0.115. The summed E-state index contributed by atoms with van der Waals surface area (Å²) in [5, 5.41) is 0. The third-order valence-electron chi connectivity index (χ3n) is 2.01. The van der Waals surface area contributed by atoms with Crippen molar-refractivity contribution in [2.45, 2.75) is 13.1 Å². The predicted octanol–water partition coefficient (Wildman–Crippen LogP) is 3.42. The van der Waals surface area contributed by atoms with Gasteiger partial charge >= 0.3 is 12.1 Å². The van der Waals surface area contributed by atoms with Crippen LogP contribution in [-0.4, -0.2) is 12.6 Å². The van der Waals surface area contributed by atoms with Crippen LogP contribution in [0.2, 0.25) is 0 Å². The number of alkyl halides is 3. The van der Waals surface area contributed by atoms with Crippen LogP contribution in [0.5, 0.6) is 0 Å². The standard InChI is InChI=1S/C12H10F4O2/c1-2-18-11(17)6-4-8-3-5-9(7-10(8)13)12(14,15)16/h3-7H,2H2,1H3/b6-4+. The lowest BCUT2D eigenvalue weighted by Gasteiger charge is -2.07. The Balaban J connectivity index is 2.90. The Labute approximate surface area is 101 Å². The fourth-order valence-corrected chi connectivity index (χ4v) is 1.19. The number of hydrogen-bond donors (Lipinski definition) is 0. The number of benzene rings is 1. The largest absolute Gasteiger partial charge is 0.463 e. The Morgan fingerprint density at radius 3 is 2.56 bits per heavy atom. The minimum Gasteiger partial charge on any atom is -0.463 e. The third-order valence-corrected chi connectivity index (χ3v) is 2.01. The second-order valence-corrected chi connectivity index (χ2v) is 3.32.